The highest BCUT2D eigenvalue weighted by Gasteiger charge is 2.15. The molecule has 0 aliphatic carbocycles. The van der Waals surface area contributed by atoms with Crippen LogP contribution in [-0.2, 0) is 9.53 Å². The topological polar surface area (TPSA) is 35.5 Å². The van der Waals surface area contributed by atoms with Gasteiger partial charge in [0.1, 0.15) is 11.5 Å². The van der Waals surface area contributed by atoms with E-state index in [9.17, 15) is 4.79 Å². The van der Waals surface area contributed by atoms with Crippen molar-refractivity contribution in [1.29, 1.82) is 0 Å². The molecule has 0 fully saturated rings. The number of carbonyl (C=O) groups excluding carboxylic acids is 1. The number of hydrogen-bond donors (Lipinski definition) is 0. The van der Waals surface area contributed by atoms with Gasteiger partial charge in [0.05, 0.1) is 12.2 Å². The Bertz CT molecular complexity index is 603. The Labute approximate surface area is 118 Å². The van der Waals surface area contributed by atoms with Gasteiger partial charge in [0.15, 0.2) is 0 Å². The molecule has 0 N–H and O–H groups in total. The lowest BCUT2D eigenvalue weighted by Gasteiger charge is -2.12. The number of hydrogen-bond acceptors (Lipinski definition) is 3. The molecule has 0 amide bonds. The van der Waals surface area contributed by atoms with Crippen LogP contribution in [0, 0.1) is 0 Å². The van der Waals surface area contributed by atoms with Gasteiger partial charge in [-0.3, -0.25) is 0 Å². The quantitative estimate of drug-likeness (QED) is 0.606. The van der Waals surface area contributed by atoms with E-state index in [0.29, 0.717) is 29.2 Å². The van der Waals surface area contributed by atoms with Gasteiger partial charge in [-0.05, 0) is 25.1 Å². The monoisotopic (exact) mass is 268 g/mol. The number of esters is 1. The molecule has 0 saturated carbocycles. The maximum Gasteiger partial charge on any atom is 0.338 e. The number of rotatable bonds is 5. The molecule has 0 saturated heterocycles. The number of ether oxygens (including phenoxy) is 2. The molecule has 102 valence electrons. The molecule has 0 aromatic heterocycles. The molecule has 3 heteroatoms. The number of carbonyl (C=O) groups is 1. The first-order valence-electron chi connectivity index (χ1n) is 6.40. The summed E-state index contributed by atoms with van der Waals surface area (Å²) < 4.78 is 10.8. The second-order valence-electron chi connectivity index (χ2n) is 4.11. The first-order chi connectivity index (χ1) is 9.72. The minimum atomic E-state index is -0.434. The van der Waals surface area contributed by atoms with Gasteiger partial charge in [-0.1, -0.05) is 43.0 Å². The number of para-hydroxylation sites is 2. The first kappa shape index (κ1) is 13.9. The van der Waals surface area contributed by atoms with Crippen LogP contribution in [0.3, 0.4) is 0 Å². The van der Waals surface area contributed by atoms with Crippen LogP contribution >= 0.6 is 0 Å². The average Bonchev–Trinajstić information content (AvgIpc) is 2.48. The van der Waals surface area contributed by atoms with E-state index in [-0.39, 0.29) is 0 Å². The fourth-order valence-electron chi connectivity index (χ4n) is 1.75. The smallest absolute Gasteiger partial charge is 0.338 e. The van der Waals surface area contributed by atoms with Crippen LogP contribution in [0.1, 0.15) is 12.5 Å². The maximum absolute atomic E-state index is 11.8. The van der Waals surface area contributed by atoms with Crippen molar-refractivity contribution >= 4 is 11.5 Å². The Morgan fingerprint density at radius 3 is 2.40 bits per heavy atom. The fraction of sp³-hybridized carbons (Fsp3) is 0.118. The summed E-state index contributed by atoms with van der Waals surface area (Å²) in [5.41, 5.74) is 0.924. The molecular formula is C17H16O3. The molecule has 0 unspecified atom stereocenters. The van der Waals surface area contributed by atoms with Gasteiger partial charge in [-0.15, -0.1) is 0 Å². The summed E-state index contributed by atoms with van der Waals surface area (Å²) in [5.74, 6) is 0.852. The van der Waals surface area contributed by atoms with E-state index >= 15 is 0 Å². The molecule has 0 radical (unpaired) electrons. The van der Waals surface area contributed by atoms with Gasteiger partial charge in [-0.25, -0.2) is 4.79 Å². The Balaban J connectivity index is 2.27. The van der Waals surface area contributed by atoms with Crippen LogP contribution in [0.5, 0.6) is 11.5 Å². The van der Waals surface area contributed by atoms with Crippen molar-refractivity contribution in [3.05, 3.63) is 66.7 Å². The summed E-state index contributed by atoms with van der Waals surface area (Å²) in [7, 11) is 0. The lowest BCUT2D eigenvalue weighted by molar-refractivity contribution is -0.136. The molecule has 0 atom stereocenters. The Hall–Kier alpha value is -2.55. The lowest BCUT2D eigenvalue weighted by Crippen LogP contribution is -2.06. The van der Waals surface area contributed by atoms with Gasteiger partial charge in [0.2, 0.25) is 0 Å². The highest BCUT2D eigenvalue weighted by Crippen LogP contribution is 2.29. The predicted octanol–water partition coefficient (Wildman–Crippen LogP) is 4.06. The summed E-state index contributed by atoms with van der Waals surface area (Å²) in [6.07, 6.45) is 0. The predicted molar refractivity (Wildman–Crippen MR) is 78.6 cm³/mol. The largest absolute Gasteiger partial charge is 0.462 e. The molecule has 0 heterocycles. The second kappa shape index (κ2) is 6.57. The normalized spacial score (nSPS) is 9.85. The van der Waals surface area contributed by atoms with Gasteiger partial charge in [-0.2, -0.15) is 0 Å². The Kier molecular flexibility index (Phi) is 4.56. The third-order valence-electron chi connectivity index (χ3n) is 2.71. The van der Waals surface area contributed by atoms with Crippen LogP contribution in [0.25, 0.3) is 5.57 Å². The zero-order valence-corrected chi connectivity index (χ0v) is 11.3. The molecular weight excluding hydrogens is 252 g/mol. The van der Waals surface area contributed by atoms with E-state index in [4.69, 9.17) is 9.47 Å². The van der Waals surface area contributed by atoms with E-state index in [1.807, 2.05) is 42.5 Å². The molecule has 0 aliphatic heterocycles. The third kappa shape index (κ3) is 3.26. The minimum absolute atomic E-state index is 0.290. The first-order valence-corrected chi connectivity index (χ1v) is 6.40. The minimum Gasteiger partial charge on any atom is -0.462 e. The van der Waals surface area contributed by atoms with E-state index in [1.54, 1.807) is 19.1 Å². The second-order valence-corrected chi connectivity index (χ2v) is 4.11. The summed E-state index contributed by atoms with van der Waals surface area (Å²) in [6.45, 7) is 5.87. The Morgan fingerprint density at radius 2 is 1.70 bits per heavy atom. The highest BCUT2D eigenvalue weighted by molar-refractivity contribution is 6.16. The molecule has 2 aromatic carbocycles. The Morgan fingerprint density at radius 1 is 1.05 bits per heavy atom. The van der Waals surface area contributed by atoms with Crippen molar-refractivity contribution in [1.82, 2.24) is 0 Å². The van der Waals surface area contributed by atoms with Crippen molar-refractivity contribution in [2.75, 3.05) is 6.61 Å². The van der Waals surface area contributed by atoms with Crippen molar-refractivity contribution < 1.29 is 14.3 Å². The third-order valence-corrected chi connectivity index (χ3v) is 2.71. The lowest BCUT2D eigenvalue weighted by atomic mass is 10.1. The zero-order valence-electron chi connectivity index (χ0n) is 11.3. The van der Waals surface area contributed by atoms with Crippen molar-refractivity contribution in [2.45, 2.75) is 6.92 Å². The van der Waals surface area contributed by atoms with Crippen LogP contribution < -0.4 is 4.74 Å². The fourth-order valence-corrected chi connectivity index (χ4v) is 1.75. The maximum atomic E-state index is 11.8. The van der Waals surface area contributed by atoms with E-state index in [2.05, 4.69) is 6.58 Å². The number of benzene rings is 2. The van der Waals surface area contributed by atoms with E-state index in [0.717, 1.165) is 0 Å². The SMILES string of the molecule is C=C(C(=O)OCC)c1ccccc1Oc1ccccc1. The molecule has 2 rings (SSSR count). The van der Waals surface area contributed by atoms with Crippen LogP contribution in [0.15, 0.2) is 61.2 Å². The van der Waals surface area contributed by atoms with Crippen LogP contribution in [-0.4, -0.2) is 12.6 Å². The molecule has 0 bridgehead atoms. The molecule has 3 nitrogen and oxygen atoms in total. The summed E-state index contributed by atoms with van der Waals surface area (Å²) in [5, 5.41) is 0. The van der Waals surface area contributed by atoms with Crippen molar-refractivity contribution in [2.24, 2.45) is 0 Å². The highest BCUT2D eigenvalue weighted by atomic mass is 16.5. The summed E-state index contributed by atoms with van der Waals surface area (Å²) in [6, 6.07) is 16.7. The van der Waals surface area contributed by atoms with Gasteiger partial charge in [0.25, 0.3) is 0 Å². The van der Waals surface area contributed by atoms with Crippen molar-refractivity contribution in [3.63, 3.8) is 0 Å². The molecule has 20 heavy (non-hydrogen) atoms. The van der Waals surface area contributed by atoms with E-state index < -0.39 is 5.97 Å². The molecule has 2 aromatic rings. The van der Waals surface area contributed by atoms with Crippen LogP contribution in [0.2, 0.25) is 0 Å². The summed E-state index contributed by atoms with van der Waals surface area (Å²) >= 11 is 0. The van der Waals surface area contributed by atoms with Gasteiger partial charge < -0.3 is 9.47 Å². The van der Waals surface area contributed by atoms with Gasteiger partial charge in [0, 0.05) is 5.56 Å². The van der Waals surface area contributed by atoms with E-state index in [1.165, 1.54) is 0 Å². The molecule has 0 aliphatic rings. The van der Waals surface area contributed by atoms with Crippen LogP contribution in [0.4, 0.5) is 0 Å². The molecule has 0 spiro atoms. The summed E-state index contributed by atoms with van der Waals surface area (Å²) in [4.78, 5) is 11.8. The standard InChI is InChI=1S/C17H16O3/c1-3-19-17(18)13(2)15-11-7-8-12-16(15)20-14-9-5-4-6-10-14/h4-12H,2-3H2,1H3. The average molecular weight is 268 g/mol. The van der Waals surface area contributed by atoms with Crippen molar-refractivity contribution in [3.8, 4) is 11.5 Å². The van der Waals surface area contributed by atoms with Gasteiger partial charge >= 0.3 is 5.97 Å². The zero-order chi connectivity index (χ0) is 14.4.